The number of thiazole rings is 1. The number of carbonyl (C=O) groups is 2. The average Bonchev–Trinajstić information content (AvgIpc) is 3.19. The standard InChI is InChI=1S/C16H22N6O2S/c1-20(2)9-14(23)22-6-4-12-13(8-22)25-16(18-12)19-15(24)11-3-5-21(7-11)10-17/h11H,3-9H2,1-2H3,(H,18,19,24). The van der Waals surface area contributed by atoms with Crippen molar-refractivity contribution in [1.29, 1.82) is 5.26 Å². The van der Waals surface area contributed by atoms with Crippen molar-refractivity contribution in [2.45, 2.75) is 19.4 Å². The Morgan fingerprint density at radius 2 is 2.24 bits per heavy atom. The first-order valence-electron chi connectivity index (χ1n) is 8.33. The minimum atomic E-state index is -0.168. The Bertz CT molecular complexity index is 710. The number of aromatic nitrogens is 1. The lowest BCUT2D eigenvalue weighted by atomic mass is 10.1. The summed E-state index contributed by atoms with van der Waals surface area (Å²) in [6.45, 7) is 2.72. The Labute approximate surface area is 151 Å². The fourth-order valence-corrected chi connectivity index (χ4v) is 4.13. The third kappa shape index (κ3) is 4.08. The van der Waals surface area contributed by atoms with Crippen molar-refractivity contribution >= 4 is 28.3 Å². The maximum atomic E-state index is 12.3. The lowest BCUT2D eigenvalue weighted by Gasteiger charge is -2.27. The molecule has 0 saturated carbocycles. The second-order valence-corrected chi connectivity index (χ2v) is 7.80. The van der Waals surface area contributed by atoms with Crippen LogP contribution in [0.1, 0.15) is 17.0 Å². The van der Waals surface area contributed by atoms with Crippen molar-refractivity contribution in [2.24, 2.45) is 5.92 Å². The second-order valence-electron chi connectivity index (χ2n) is 6.71. The van der Waals surface area contributed by atoms with Crippen molar-refractivity contribution in [3.63, 3.8) is 0 Å². The van der Waals surface area contributed by atoms with E-state index in [4.69, 9.17) is 5.26 Å². The summed E-state index contributed by atoms with van der Waals surface area (Å²) in [5.41, 5.74) is 0.972. The first-order chi connectivity index (χ1) is 12.0. The Hall–Kier alpha value is -2.18. The van der Waals surface area contributed by atoms with Crippen LogP contribution in [0, 0.1) is 17.4 Å². The molecule has 0 aliphatic carbocycles. The molecular weight excluding hydrogens is 340 g/mol. The molecule has 0 bridgehead atoms. The quantitative estimate of drug-likeness (QED) is 0.776. The zero-order chi connectivity index (χ0) is 18.0. The van der Waals surface area contributed by atoms with Crippen molar-refractivity contribution in [3.05, 3.63) is 10.6 Å². The van der Waals surface area contributed by atoms with E-state index in [9.17, 15) is 9.59 Å². The fraction of sp³-hybridized carbons (Fsp3) is 0.625. The number of fused-ring (bicyclic) bond motifs is 1. The molecule has 2 aliphatic heterocycles. The van der Waals surface area contributed by atoms with Crippen LogP contribution in [-0.2, 0) is 22.6 Å². The molecule has 1 saturated heterocycles. The predicted molar refractivity (Wildman–Crippen MR) is 93.7 cm³/mol. The molecule has 1 N–H and O–H groups in total. The van der Waals surface area contributed by atoms with Gasteiger partial charge in [0, 0.05) is 30.9 Å². The van der Waals surface area contributed by atoms with Gasteiger partial charge in [-0.15, -0.1) is 0 Å². The zero-order valence-corrected chi connectivity index (χ0v) is 15.3. The molecule has 25 heavy (non-hydrogen) atoms. The number of anilines is 1. The van der Waals surface area contributed by atoms with Gasteiger partial charge in [-0.2, -0.15) is 5.26 Å². The van der Waals surface area contributed by atoms with Crippen LogP contribution in [0.5, 0.6) is 0 Å². The minimum Gasteiger partial charge on any atom is -0.336 e. The first-order valence-corrected chi connectivity index (χ1v) is 9.14. The topological polar surface area (TPSA) is 92.6 Å². The molecule has 0 radical (unpaired) electrons. The maximum absolute atomic E-state index is 12.3. The van der Waals surface area contributed by atoms with Gasteiger partial charge in [0.2, 0.25) is 11.8 Å². The van der Waals surface area contributed by atoms with Crippen molar-refractivity contribution in [2.75, 3.05) is 45.6 Å². The van der Waals surface area contributed by atoms with E-state index < -0.39 is 0 Å². The number of carbonyl (C=O) groups excluding carboxylic acids is 2. The summed E-state index contributed by atoms with van der Waals surface area (Å²) in [6.07, 6.45) is 3.49. The highest BCUT2D eigenvalue weighted by molar-refractivity contribution is 7.15. The van der Waals surface area contributed by atoms with Crippen LogP contribution >= 0.6 is 11.3 Å². The molecule has 0 spiro atoms. The molecule has 1 aromatic rings. The molecule has 9 heteroatoms. The van der Waals surface area contributed by atoms with Gasteiger partial charge in [-0.3, -0.25) is 9.59 Å². The Balaban J connectivity index is 1.60. The van der Waals surface area contributed by atoms with Gasteiger partial charge in [0.25, 0.3) is 0 Å². The van der Waals surface area contributed by atoms with E-state index in [0.717, 1.165) is 10.6 Å². The van der Waals surface area contributed by atoms with Gasteiger partial charge >= 0.3 is 0 Å². The summed E-state index contributed by atoms with van der Waals surface area (Å²) < 4.78 is 0. The highest BCUT2D eigenvalue weighted by Gasteiger charge is 2.29. The van der Waals surface area contributed by atoms with E-state index in [1.807, 2.05) is 23.9 Å². The monoisotopic (exact) mass is 362 g/mol. The lowest BCUT2D eigenvalue weighted by Crippen LogP contribution is -2.40. The number of likely N-dealkylation sites (N-methyl/N-ethyl adjacent to an activating group) is 1. The molecule has 0 aromatic carbocycles. The largest absolute Gasteiger partial charge is 0.336 e. The molecule has 134 valence electrons. The van der Waals surface area contributed by atoms with Gasteiger partial charge in [0.1, 0.15) is 0 Å². The number of hydrogen-bond donors (Lipinski definition) is 1. The van der Waals surface area contributed by atoms with Crippen LogP contribution in [-0.4, -0.2) is 71.8 Å². The Morgan fingerprint density at radius 3 is 2.92 bits per heavy atom. The zero-order valence-electron chi connectivity index (χ0n) is 14.5. The number of nitrogens with zero attached hydrogens (tertiary/aromatic N) is 5. The van der Waals surface area contributed by atoms with Gasteiger partial charge in [-0.05, 0) is 20.5 Å². The number of nitrogens with one attached hydrogen (secondary N) is 1. The number of amides is 2. The maximum Gasteiger partial charge on any atom is 0.237 e. The molecule has 1 aromatic heterocycles. The summed E-state index contributed by atoms with van der Waals surface area (Å²) >= 11 is 1.44. The smallest absolute Gasteiger partial charge is 0.237 e. The van der Waals surface area contributed by atoms with Crippen LogP contribution < -0.4 is 5.32 Å². The van der Waals surface area contributed by atoms with E-state index >= 15 is 0 Å². The third-order valence-electron chi connectivity index (χ3n) is 4.47. The van der Waals surface area contributed by atoms with Crippen molar-refractivity contribution in [3.8, 4) is 6.19 Å². The first kappa shape index (κ1) is 17.6. The molecule has 2 amide bonds. The van der Waals surface area contributed by atoms with Crippen LogP contribution in [0.15, 0.2) is 0 Å². The molecule has 1 fully saturated rings. The number of nitriles is 1. The molecule has 3 heterocycles. The van der Waals surface area contributed by atoms with E-state index in [2.05, 4.69) is 16.5 Å². The number of likely N-dealkylation sites (tertiary alicyclic amines) is 1. The summed E-state index contributed by atoms with van der Waals surface area (Å²) in [6, 6.07) is 0. The highest BCUT2D eigenvalue weighted by atomic mass is 32.1. The SMILES string of the molecule is CN(C)CC(=O)N1CCc2nc(NC(=O)C3CCN(C#N)C3)sc2C1. The van der Waals surface area contributed by atoms with E-state index in [1.165, 1.54) is 11.3 Å². The van der Waals surface area contributed by atoms with Gasteiger partial charge in [-0.25, -0.2) is 4.98 Å². The van der Waals surface area contributed by atoms with Gasteiger partial charge in [0.15, 0.2) is 11.3 Å². The van der Waals surface area contributed by atoms with E-state index in [1.54, 1.807) is 4.90 Å². The highest BCUT2D eigenvalue weighted by Crippen LogP contribution is 2.29. The number of hydrogen-bond acceptors (Lipinski definition) is 7. The van der Waals surface area contributed by atoms with Crippen LogP contribution in [0.2, 0.25) is 0 Å². The fourth-order valence-electron chi connectivity index (χ4n) is 3.10. The van der Waals surface area contributed by atoms with Gasteiger partial charge in [0.05, 0.1) is 24.7 Å². The normalized spacial score (nSPS) is 19.7. The summed E-state index contributed by atoms with van der Waals surface area (Å²) in [7, 11) is 3.76. The predicted octanol–water partition coefficient (Wildman–Crippen LogP) is 0.331. The Kier molecular flexibility index (Phi) is 5.20. The summed E-state index contributed by atoms with van der Waals surface area (Å²) in [4.78, 5) is 35.4. The van der Waals surface area contributed by atoms with Crippen LogP contribution in [0.25, 0.3) is 0 Å². The molecule has 3 rings (SSSR count). The molecule has 1 unspecified atom stereocenters. The summed E-state index contributed by atoms with van der Waals surface area (Å²) in [5, 5.41) is 12.4. The molecule has 1 atom stereocenters. The minimum absolute atomic E-state index is 0.0793. The summed E-state index contributed by atoms with van der Waals surface area (Å²) in [5.74, 6) is -0.139. The second kappa shape index (κ2) is 7.37. The van der Waals surface area contributed by atoms with Crippen LogP contribution in [0.4, 0.5) is 5.13 Å². The van der Waals surface area contributed by atoms with Crippen molar-refractivity contribution in [1.82, 2.24) is 19.7 Å². The molecular formula is C16H22N6O2S. The average molecular weight is 362 g/mol. The third-order valence-corrected chi connectivity index (χ3v) is 5.46. The van der Waals surface area contributed by atoms with Gasteiger partial charge < -0.3 is 20.0 Å². The molecule has 8 nitrogen and oxygen atoms in total. The number of rotatable bonds is 4. The van der Waals surface area contributed by atoms with E-state index in [0.29, 0.717) is 50.7 Å². The van der Waals surface area contributed by atoms with Crippen LogP contribution in [0.3, 0.4) is 0 Å². The Morgan fingerprint density at radius 1 is 1.44 bits per heavy atom. The van der Waals surface area contributed by atoms with E-state index in [-0.39, 0.29) is 17.7 Å². The lowest BCUT2D eigenvalue weighted by molar-refractivity contribution is -0.132. The van der Waals surface area contributed by atoms with Gasteiger partial charge in [-0.1, -0.05) is 11.3 Å². The molecule has 2 aliphatic rings. The van der Waals surface area contributed by atoms with Crippen molar-refractivity contribution < 1.29 is 9.59 Å².